The summed E-state index contributed by atoms with van der Waals surface area (Å²) >= 11 is 6.05. The van der Waals surface area contributed by atoms with Gasteiger partial charge in [-0.15, -0.1) is 11.6 Å². The highest BCUT2D eigenvalue weighted by Gasteiger charge is 2.26. The first-order valence-electron chi connectivity index (χ1n) is 6.00. The molecule has 0 aromatic heterocycles. The van der Waals surface area contributed by atoms with Gasteiger partial charge in [-0.2, -0.15) is 0 Å². The molecule has 0 aliphatic carbocycles. The molecule has 1 N–H and O–H groups in total. The molecule has 0 aliphatic heterocycles. The van der Waals surface area contributed by atoms with Crippen molar-refractivity contribution in [2.45, 2.75) is 31.7 Å². The summed E-state index contributed by atoms with van der Waals surface area (Å²) in [7, 11) is 3.08. The fraction of sp³-hybridized carbons (Fsp3) is 0.500. The third kappa shape index (κ3) is 3.77. The molecule has 1 unspecified atom stereocenters. The lowest BCUT2D eigenvalue weighted by Crippen LogP contribution is -2.49. The van der Waals surface area contributed by atoms with E-state index >= 15 is 0 Å². The van der Waals surface area contributed by atoms with Crippen molar-refractivity contribution in [3.05, 3.63) is 23.8 Å². The average Bonchev–Trinajstić information content (AvgIpc) is 2.37. The van der Waals surface area contributed by atoms with Crippen LogP contribution < -0.4 is 14.8 Å². The van der Waals surface area contributed by atoms with Gasteiger partial charge in [0.2, 0.25) is 0 Å². The lowest BCUT2D eigenvalue weighted by atomic mass is 10.0. The molecule has 0 aliphatic rings. The molecule has 0 radical (unpaired) electrons. The minimum absolute atomic E-state index is 0.184. The predicted molar refractivity (Wildman–Crippen MR) is 76.4 cm³/mol. The van der Waals surface area contributed by atoms with Gasteiger partial charge in [0, 0.05) is 5.56 Å². The summed E-state index contributed by atoms with van der Waals surface area (Å²) in [6, 6.07) is 5.03. The Morgan fingerprint density at radius 1 is 1.26 bits per heavy atom. The van der Waals surface area contributed by atoms with Gasteiger partial charge in [-0.3, -0.25) is 4.79 Å². The van der Waals surface area contributed by atoms with E-state index < -0.39 is 5.54 Å². The molecule has 4 nitrogen and oxygen atoms in total. The largest absolute Gasteiger partial charge is 0.493 e. The molecular formula is C14H20ClNO3. The second-order valence-electron chi connectivity index (χ2n) is 4.86. The molecule has 0 bridgehead atoms. The Hall–Kier alpha value is -1.42. The zero-order valence-corrected chi connectivity index (χ0v) is 12.7. The summed E-state index contributed by atoms with van der Waals surface area (Å²) in [6.45, 7) is 5.60. The van der Waals surface area contributed by atoms with E-state index in [0.717, 1.165) is 0 Å². The van der Waals surface area contributed by atoms with E-state index in [-0.39, 0.29) is 11.3 Å². The fourth-order valence-corrected chi connectivity index (χ4v) is 1.50. The maximum Gasteiger partial charge on any atom is 0.251 e. The van der Waals surface area contributed by atoms with Crippen LogP contribution in [0.25, 0.3) is 0 Å². The van der Waals surface area contributed by atoms with Crippen LogP contribution in [-0.4, -0.2) is 31.0 Å². The van der Waals surface area contributed by atoms with E-state index in [9.17, 15) is 4.79 Å². The maximum atomic E-state index is 12.2. The van der Waals surface area contributed by atoms with Crippen LogP contribution in [0.2, 0.25) is 0 Å². The van der Waals surface area contributed by atoms with Gasteiger partial charge in [0.1, 0.15) is 0 Å². The number of hydrogen-bond acceptors (Lipinski definition) is 3. The molecule has 5 heteroatoms. The number of nitrogens with one attached hydrogen (secondary N) is 1. The Bertz CT molecular complexity index is 458. The summed E-state index contributed by atoms with van der Waals surface area (Å²) in [5.74, 6) is 0.911. The van der Waals surface area contributed by atoms with Crippen LogP contribution in [0.4, 0.5) is 0 Å². The monoisotopic (exact) mass is 285 g/mol. The molecule has 19 heavy (non-hydrogen) atoms. The van der Waals surface area contributed by atoms with Crippen molar-refractivity contribution in [1.82, 2.24) is 5.32 Å². The lowest BCUT2D eigenvalue weighted by Gasteiger charge is -2.29. The van der Waals surface area contributed by atoms with Gasteiger partial charge in [0.15, 0.2) is 11.5 Å². The summed E-state index contributed by atoms with van der Waals surface area (Å²) in [5, 5.41) is 2.71. The lowest BCUT2D eigenvalue weighted by molar-refractivity contribution is 0.0912. The summed E-state index contributed by atoms with van der Waals surface area (Å²) in [4.78, 5) is 12.2. The van der Waals surface area contributed by atoms with Crippen molar-refractivity contribution >= 4 is 17.5 Å². The van der Waals surface area contributed by atoms with Crippen LogP contribution in [0.1, 0.15) is 31.1 Å². The van der Waals surface area contributed by atoms with Gasteiger partial charge in [0.25, 0.3) is 5.91 Å². The summed E-state index contributed by atoms with van der Waals surface area (Å²) in [6.07, 6.45) is 0. The third-order valence-electron chi connectivity index (χ3n) is 3.08. The van der Waals surface area contributed by atoms with E-state index in [1.165, 1.54) is 7.11 Å². The van der Waals surface area contributed by atoms with Gasteiger partial charge in [0.05, 0.1) is 25.1 Å². The first-order valence-corrected chi connectivity index (χ1v) is 6.44. The van der Waals surface area contributed by atoms with Gasteiger partial charge in [-0.05, 0) is 39.0 Å². The minimum Gasteiger partial charge on any atom is -0.493 e. The molecule has 0 fully saturated rings. The number of benzene rings is 1. The van der Waals surface area contributed by atoms with E-state index in [1.54, 1.807) is 25.3 Å². The van der Waals surface area contributed by atoms with Crippen molar-refractivity contribution in [3.8, 4) is 11.5 Å². The fourth-order valence-electron chi connectivity index (χ4n) is 1.44. The second kappa shape index (κ2) is 6.15. The Labute approximate surface area is 119 Å². The van der Waals surface area contributed by atoms with Crippen molar-refractivity contribution in [2.24, 2.45) is 0 Å². The van der Waals surface area contributed by atoms with Gasteiger partial charge >= 0.3 is 0 Å². The van der Waals surface area contributed by atoms with Crippen LogP contribution in [0.15, 0.2) is 18.2 Å². The molecule has 1 rings (SSSR count). The standard InChI is InChI=1S/C14H20ClNO3/c1-9(15)14(2,3)16-13(17)10-6-7-11(18-4)12(8-10)19-5/h6-9H,1-5H3,(H,16,17). The Balaban J connectivity index is 2.95. The molecule has 1 aromatic rings. The predicted octanol–water partition coefficient (Wildman–Crippen LogP) is 2.84. The summed E-state index contributed by atoms with van der Waals surface area (Å²) < 4.78 is 10.3. The van der Waals surface area contributed by atoms with E-state index in [0.29, 0.717) is 17.1 Å². The number of carbonyl (C=O) groups is 1. The highest BCUT2D eigenvalue weighted by Crippen LogP contribution is 2.27. The molecule has 0 saturated carbocycles. The van der Waals surface area contributed by atoms with E-state index in [1.807, 2.05) is 20.8 Å². The molecule has 0 saturated heterocycles. The number of carbonyl (C=O) groups excluding carboxylic acids is 1. The number of alkyl halides is 1. The highest BCUT2D eigenvalue weighted by molar-refractivity contribution is 6.21. The number of ether oxygens (including phenoxy) is 2. The SMILES string of the molecule is COc1ccc(C(=O)NC(C)(C)C(C)Cl)cc1OC. The first kappa shape index (κ1) is 15.6. The Kier molecular flexibility index (Phi) is 5.06. The first-order chi connectivity index (χ1) is 8.81. The van der Waals surface area contributed by atoms with Crippen LogP contribution in [0.3, 0.4) is 0 Å². The van der Waals surface area contributed by atoms with Gasteiger partial charge in [-0.1, -0.05) is 0 Å². The molecule has 0 heterocycles. The number of halogens is 1. The maximum absolute atomic E-state index is 12.2. The van der Waals surface area contributed by atoms with Crippen molar-refractivity contribution in [2.75, 3.05) is 14.2 Å². The van der Waals surface area contributed by atoms with E-state index in [2.05, 4.69) is 5.32 Å². The summed E-state index contributed by atoms with van der Waals surface area (Å²) in [5.41, 5.74) is 0.00857. The minimum atomic E-state index is -0.494. The number of amides is 1. The molecular weight excluding hydrogens is 266 g/mol. The zero-order valence-electron chi connectivity index (χ0n) is 11.9. The quantitative estimate of drug-likeness (QED) is 0.846. The second-order valence-corrected chi connectivity index (χ2v) is 5.52. The number of hydrogen-bond donors (Lipinski definition) is 1. The van der Waals surface area contributed by atoms with E-state index in [4.69, 9.17) is 21.1 Å². The van der Waals surface area contributed by atoms with Crippen LogP contribution >= 0.6 is 11.6 Å². The van der Waals surface area contributed by atoms with Crippen LogP contribution in [0.5, 0.6) is 11.5 Å². The molecule has 0 spiro atoms. The Morgan fingerprint density at radius 3 is 2.32 bits per heavy atom. The normalized spacial score (nSPS) is 12.7. The topological polar surface area (TPSA) is 47.6 Å². The molecule has 1 amide bonds. The smallest absolute Gasteiger partial charge is 0.251 e. The van der Waals surface area contributed by atoms with Gasteiger partial charge < -0.3 is 14.8 Å². The number of methoxy groups -OCH3 is 2. The molecule has 1 aromatic carbocycles. The Morgan fingerprint density at radius 2 is 1.84 bits per heavy atom. The zero-order chi connectivity index (χ0) is 14.6. The van der Waals surface area contributed by atoms with Crippen LogP contribution in [0, 0.1) is 0 Å². The van der Waals surface area contributed by atoms with Crippen molar-refractivity contribution < 1.29 is 14.3 Å². The van der Waals surface area contributed by atoms with Crippen molar-refractivity contribution in [3.63, 3.8) is 0 Å². The molecule has 1 atom stereocenters. The van der Waals surface area contributed by atoms with Gasteiger partial charge in [-0.25, -0.2) is 0 Å². The third-order valence-corrected chi connectivity index (χ3v) is 3.62. The van der Waals surface area contributed by atoms with Crippen molar-refractivity contribution in [1.29, 1.82) is 0 Å². The average molecular weight is 286 g/mol. The highest BCUT2D eigenvalue weighted by atomic mass is 35.5. The molecule has 106 valence electrons. The number of rotatable bonds is 5. The van der Waals surface area contributed by atoms with Crippen LogP contribution in [-0.2, 0) is 0 Å².